The van der Waals surface area contributed by atoms with E-state index in [2.05, 4.69) is 36.3 Å². The lowest BCUT2D eigenvalue weighted by atomic mass is 10.1. The minimum absolute atomic E-state index is 0.0375. The molecule has 1 aromatic rings. The van der Waals surface area contributed by atoms with Crippen LogP contribution in [-0.2, 0) is 11.3 Å². The van der Waals surface area contributed by atoms with E-state index in [4.69, 9.17) is 11.6 Å². The predicted octanol–water partition coefficient (Wildman–Crippen LogP) is 2.55. The Kier molecular flexibility index (Phi) is 5.12. The highest BCUT2D eigenvalue weighted by Gasteiger charge is 2.18. The highest BCUT2D eigenvalue weighted by molar-refractivity contribution is 6.30. The zero-order valence-corrected chi connectivity index (χ0v) is 13.8. The number of benzene rings is 1. The van der Waals surface area contributed by atoms with Gasteiger partial charge in [-0.1, -0.05) is 11.6 Å². The van der Waals surface area contributed by atoms with E-state index in [1.807, 2.05) is 18.2 Å². The van der Waals surface area contributed by atoms with Crippen LogP contribution in [-0.4, -0.2) is 31.1 Å². The van der Waals surface area contributed by atoms with E-state index in [-0.39, 0.29) is 11.4 Å². The van der Waals surface area contributed by atoms with Gasteiger partial charge < -0.3 is 15.5 Å². The first-order chi connectivity index (χ1) is 9.85. The molecular formula is C16H24ClN3O. The number of anilines is 1. The first-order valence-electron chi connectivity index (χ1n) is 7.40. The summed E-state index contributed by atoms with van der Waals surface area (Å²) >= 11 is 6.14. The average molecular weight is 310 g/mol. The molecular weight excluding hydrogens is 286 g/mol. The smallest absolute Gasteiger partial charge is 0.239 e. The average Bonchev–Trinajstić information content (AvgIpc) is 2.60. The molecule has 5 heteroatoms. The molecule has 0 spiro atoms. The first-order valence-corrected chi connectivity index (χ1v) is 7.78. The molecule has 0 aromatic heterocycles. The molecule has 0 unspecified atom stereocenters. The van der Waals surface area contributed by atoms with Crippen LogP contribution in [0.15, 0.2) is 18.2 Å². The van der Waals surface area contributed by atoms with Gasteiger partial charge in [-0.3, -0.25) is 4.79 Å². The summed E-state index contributed by atoms with van der Waals surface area (Å²) in [5, 5.41) is 7.12. The highest BCUT2D eigenvalue weighted by atomic mass is 35.5. The Morgan fingerprint density at radius 1 is 1.38 bits per heavy atom. The van der Waals surface area contributed by atoms with Crippen molar-refractivity contribution in [2.24, 2.45) is 0 Å². The van der Waals surface area contributed by atoms with Crippen molar-refractivity contribution in [3.63, 3.8) is 0 Å². The van der Waals surface area contributed by atoms with E-state index in [9.17, 15) is 4.79 Å². The van der Waals surface area contributed by atoms with E-state index in [1.54, 1.807) is 0 Å². The van der Waals surface area contributed by atoms with Gasteiger partial charge in [-0.2, -0.15) is 0 Å². The van der Waals surface area contributed by atoms with Crippen LogP contribution in [0.25, 0.3) is 0 Å². The lowest BCUT2D eigenvalue weighted by Crippen LogP contribution is -2.37. The molecule has 21 heavy (non-hydrogen) atoms. The standard InChI is InChI=1S/C16H24ClN3O/c1-16(2,3)19-10-12-9-13(17)5-6-14(12)20-8-4-7-18-15(21)11-20/h5-6,9,19H,4,7-8,10-11H2,1-3H3,(H,18,21). The fraction of sp³-hybridized carbons (Fsp3) is 0.562. The first kappa shape index (κ1) is 16.1. The molecule has 2 rings (SSSR count). The normalized spacial score (nSPS) is 16.6. The maximum Gasteiger partial charge on any atom is 0.239 e. The second kappa shape index (κ2) is 6.67. The van der Waals surface area contributed by atoms with Gasteiger partial charge in [0.2, 0.25) is 5.91 Å². The number of nitrogens with one attached hydrogen (secondary N) is 2. The van der Waals surface area contributed by atoms with Crippen LogP contribution in [0.5, 0.6) is 0 Å². The van der Waals surface area contributed by atoms with Crippen LogP contribution in [0.3, 0.4) is 0 Å². The molecule has 0 bridgehead atoms. The molecule has 0 radical (unpaired) electrons. The summed E-state index contributed by atoms with van der Waals surface area (Å²) < 4.78 is 0. The van der Waals surface area contributed by atoms with Crippen molar-refractivity contribution < 1.29 is 4.79 Å². The lowest BCUT2D eigenvalue weighted by molar-refractivity contribution is -0.119. The molecule has 1 aromatic carbocycles. The molecule has 1 saturated heterocycles. The van der Waals surface area contributed by atoms with E-state index < -0.39 is 0 Å². The third-order valence-corrected chi connectivity index (χ3v) is 3.69. The molecule has 116 valence electrons. The van der Waals surface area contributed by atoms with Gasteiger partial charge in [-0.25, -0.2) is 0 Å². The van der Waals surface area contributed by atoms with Crippen LogP contribution in [0.1, 0.15) is 32.8 Å². The van der Waals surface area contributed by atoms with Crippen molar-refractivity contribution in [2.75, 3.05) is 24.5 Å². The molecule has 1 aliphatic heterocycles. The molecule has 1 amide bonds. The van der Waals surface area contributed by atoms with Gasteiger partial charge in [0.15, 0.2) is 0 Å². The summed E-state index contributed by atoms with van der Waals surface area (Å²) in [7, 11) is 0. The van der Waals surface area contributed by atoms with Crippen molar-refractivity contribution >= 4 is 23.2 Å². The van der Waals surface area contributed by atoms with Gasteiger partial charge in [0.05, 0.1) is 6.54 Å². The quantitative estimate of drug-likeness (QED) is 0.902. The highest BCUT2D eigenvalue weighted by Crippen LogP contribution is 2.25. The minimum Gasteiger partial charge on any atom is -0.362 e. The Hall–Kier alpha value is -1.26. The van der Waals surface area contributed by atoms with E-state index >= 15 is 0 Å². The largest absolute Gasteiger partial charge is 0.362 e. The third kappa shape index (κ3) is 4.90. The van der Waals surface area contributed by atoms with Crippen molar-refractivity contribution in [1.29, 1.82) is 0 Å². The van der Waals surface area contributed by atoms with Gasteiger partial charge in [0.25, 0.3) is 0 Å². The topological polar surface area (TPSA) is 44.4 Å². The summed E-state index contributed by atoms with van der Waals surface area (Å²) in [6, 6.07) is 5.89. The zero-order valence-electron chi connectivity index (χ0n) is 13.0. The number of amides is 1. The number of halogens is 1. The van der Waals surface area contributed by atoms with Crippen molar-refractivity contribution in [3.8, 4) is 0 Å². The van der Waals surface area contributed by atoms with Gasteiger partial charge in [0, 0.05) is 35.9 Å². The molecule has 1 aliphatic rings. The summed E-state index contributed by atoms with van der Waals surface area (Å²) in [5.41, 5.74) is 2.26. The molecule has 0 aliphatic carbocycles. The van der Waals surface area contributed by atoms with Crippen LogP contribution in [0.2, 0.25) is 5.02 Å². The van der Waals surface area contributed by atoms with Crippen LogP contribution in [0.4, 0.5) is 5.69 Å². The van der Waals surface area contributed by atoms with Crippen molar-refractivity contribution in [2.45, 2.75) is 39.3 Å². The summed E-state index contributed by atoms with van der Waals surface area (Å²) in [4.78, 5) is 13.9. The summed E-state index contributed by atoms with van der Waals surface area (Å²) in [5.74, 6) is 0.0807. The van der Waals surface area contributed by atoms with Crippen molar-refractivity contribution in [1.82, 2.24) is 10.6 Å². The summed E-state index contributed by atoms with van der Waals surface area (Å²) in [6.07, 6.45) is 0.959. The van der Waals surface area contributed by atoms with Gasteiger partial charge in [-0.05, 0) is 51.0 Å². The van der Waals surface area contributed by atoms with Gasteiger partial charge in [0.1, 0.15) is 0 Å². The number of rotatable bonds is 3. The molecule has 0 atom stereocenters. The van der Waals surface area contributed by atoms with Gasteiger partial charge >= 0.3 is 0 Å². The molecule has 4 nitrogen and oxygen atoms in total. The van der Waals surface area contributed by atoms with Gasteiger partial charge in [-0.15, -0.1) is 0 Å². The van der Waals surface area contributed by atoms with Crippen LogP contribution in [0, 0.1) is 0 Å². The fourth-order valence-electron chi connectivity index (χ4n) is 2.38. The monoisotopic (exact) mass is 309 g/mol. The Morgan fingerprint density at radius 3 is 2.86 bits per heavy atom. The van der Waals surface area contributed by atoms with Crippen LogP contribution >= 0.6 is 11.6 Å². The Bertz CT molecular complexity index is 511. The van der Waals surface area contributed by atoms with Crippen LogP contribution < -0.4 is 15.5 Å². The number of carbonyl (C=O) groups excluding carboxylic acids is 1. The third-order valence-electron chi connectivity index (χ3n) is 3.45. The predicted molar refractivity (Wildman–Crippen MR) is 87.9 cm³/mol. The minimum atomic E-state index is 0.0375. The second-order valence-electron chi connectivity index (χ2n) is 6.50. The lowest BCUT2D eigenvalue weighted by Gasteiger charge is -2.27. The second-order valence-corrected chi connectivity index (χ2v) is 6.94. The number of hydrogen-bond acceptors (Lipinski definition) is 3. The van der Waals surface area contributed by atoms with Crippen molar-refractivity contribution in [3.05, 3.63) is 28.8 Å². The Morgan fingerprint density at radius 2 is 2.14 bits per heavy atom. The zero-order chi connectivity index (χ0) is 15.5. The number of carbonyl (C=O) groups is 1. The number of nitrogens with zero attached hydrogens (tertiary/aromatic N) is 1. The maximum absolute atomic E-state index is 11.8. The summed E-state index contributed by atoms with van der Waals surface area (Å²) in [6.45, 7) is 9.17. The molecule has 0 saturated carbocycles. The van der Waals surface area contributed by atoms with E-state index in [0.717, 1.165) is 42.3 Å². The molecule has 2 N–H and O–H groups in total. The molecule has 1 heterocycles. The fourth-order valence-corrected chi connectivity index (χ4v) is 2.57. The SMILES string of the molecule is CC(C)(C)NCc1cc(Cl)ccc1N1CCCNC(=O)C1. The van der Waals surface area contributed by atoms with E-state index in [0.29, 0.717) is 6.54 Å². The Balaban J connectivity index is 2.23. The molecule has 1 fully saturated rings. The Labute approximate surface area is 131 Å². The van der Waals surface area contributed by atoms with E-state index in [1.165, 1.54) is 0 Å². The maximum atomic E-state index is 11.8. The number of hydrogen-bond donors (Lipinski definition) is 2.